The Morgan fingerprint density at radius 3 is 2.88 bits per heavy atom. The van der Waals surface area contributed by atoms with E-state index in [-0.39, 0.29) is 18.6 Å². The molecule has 1 aromatic heterocycles. The average molecular weight is 345 g/mol. The van der Waals surface area contributed by atoms with Crippen LogP contribution in [0, 0.1) is 0 Å². The molecule has 7 heteroatoms. The summed E-state index contributed by atoms with van der Waals surface area (Å²) in [6, 6.07) is 5.84. The zero-order valence-electron chi connectivity index (χ0n) is 14.6. The van der Waals surface area contributed by atoms with Crippen LogP contribution in [0.15, 0.2) is 22.7 Å². The van der Waals surface area contributed by atoms with E-state index in [0.717, 1.165) is 23.5 Å². The number of aromatic nitrogens is 2. The summed E-state index contributed by atoms with van der Waals surface area (Å²) in [5, 5.41) is 6.85. The van der Waals surface area contributed by atoms with Crippen molar-refractivity contribution in [1.82, 2.24) is 15.5 Å². The second-order valence-electron chi connectivity index (χ2n) is 6.34. The van der Waals surface area contributed by atoms with Gasteiger partial charge in [0.15, 0.2) is 17.3 Å². The van der Waals surface area contributed by atoms with Gasteiger partial charge in [0, 0.05) is 25.3 Å². The number of amides is 1. The van der Waals surface area contributed by atoms with Crippen LogP contribution < -0.4 is 14.8 Å². The number of carbonyl (C=O) groups is 1. The van der Waals surface area contributed by atoms with Crippen molar-refractivity contribution in [3.8, 4) is 11.5 Å². The monoisotopic (exact) mass is 345 g/mol. The maximum atomic E-state index is 11.9. The molecule has 1 amide bonds. The Morgan fingerprint density at radius 2 is 2.08 bits per heavy atom. The Morgan fingerprint density at radius 1 is 1.24 bits per heavy atom. The molecule has 2 aromatic rings. The molecule has 1 aliphatic rings. The van der Waals surface area contributed by atoms with E-state index >= 15 is 0 Å². The van der Waals surface area contributed by atoms with Crippen molar-refractivity contribution in [2.24, 2.45) is 0 Å². The average Bonchev–Trinajstić information content (AvgIpc) is 3.23. The number of fused-ring (bicyclic) bond motifs is 1. The molecule has 0 saturated heterocycles. The summed E-state index contributed by atoms with van der Waals surface area (Å²) in [7, 11) is 0. The van der Waals surface area contributed by atoms with Gasteiger partial charge in [0.1, 0.15) is 0 Å². The van der Waals surface area contributed by atoms with Gasteiger partial charge in [-0.1, -0.05) is 25.1 Å². The molecule has 0 atom stereocenters. The number of aryl methyl sites for hydroxylation is 1. The number of carbonyl (C=O) groups excluding carboxylic acids is 1. The molecule has 0 unspecified atom stereocenters. The minimum absolute atomic E-state index is 0.0318. The van der Waals surface area contributed by atoms with Gasteiger partial charge in [-0.25, -0.2) is 0 Å². The minimum atomic E-state index is 0.0318. The van der Waals surface area contributed by atoms with Gasteiger partial charge >= 0.3 is 0 Å². The van der Waals surface area contributed by atoms with Crippen LogP contribution in [0.5, 0.6) is 11.5 Å². The lowest BCUT2D eigenvalue weighted by atomic mass is 10.1. The van der Waals surface area contributed by atoms with Crippen molar-refractivity contribution in [2.45, 2.75) is 45.4 Å². The molecule has 2 heterocycles. The van der Waals surface area contributed by atoms with E-state index in [4.69, 9.17) is 14.0 Å². The van der Waals surface area contributed by atoms with Gasteiger partial charge in [-0.05, 0) is 30.5 Å². The lowest BCUT2D eigenvalue weighted by molar-refractivity contribution is -0.121. The SMILES string of the molecule is CC(C)c1noc(CCCC(=O)NCCc2ccc3c(c2)OCO3)n1. The Balaban J connectivity index is 1.34. The second-order valence-corrected chi connectivity index (χ2v) is 6.34. The zero-order valence-corrected chi connectivity index (χ0v) is 14.6. The largest absolute Gasteiger partial charge is 0.454 e. The van der Waals surface area contributed by atoms with E-state index in [1.807, 2.05) is 32.0 Å². The van der Waals surface area contributed by atoms with E-state index in [1.165, 1.54) is 0 Å². The number of ether oxygens (including phenoxy) is 2. The van der Waals surface area contributed by atoms with Gasteiger partial charge in [0.05, 0.1) is 0 Å². The Hall–Kier alpha value is -2.57. The topological polar surface area (TPSA) is 86.5 Å². The number of nitrogens with zero attached hydrogens (tertiary/aromatic N) is 2. The number of nitrogens with one attached hydrogen (secondary N) is 1. The van der Waals surface area contributed by atoms with Gasteiger partial charge < -0.3 is 19.3 Å². The quantitative estimate of drug-likeness (QED) is 0.791. The molecule has 134 valence electrons. The highest BCUT2D eigenvalue weighted by atomic mass is 16.7. The third kappa shape index (κ3) is 4.71. The molecular weight excluding hydrogens is 322 g/mol. The lowest BCUT2D eigenvalue weighted by Gasteiger charge is -2.06. The highest BCUT2D eigenvalue weighted by Gasteiger charge is 2.13. The summed E-state index contributed by atoms with van der Waals surface area (Å²) in [4.78, 5) is 16.2. The zero-order chi connectivity index (χ0) is 17.6. The molecule has 0 bridgehead atoms. The lowest BCUT2D eigenvalue weighted by Crippen LogP contribution is -2.25. The van der Waals surface area contributed by atoms with Gasteiger partial charge in [0.2, 0.25) is 18.6 Å². The van der Waals surface area contributed by atoms with Crippen molar-refractivity contribution >= 4 is 5.91 Å². The third-order valence-electron chi connectivity index (χ3n) is 3.97. The molecule has 0 radical (unpaired) electrons. The summed E-state index contributed by atoms with van der Waals surface area (Å²) in [5.74, 6) is 3.12. The molecule has 1 aliphatic heterocycles. The summed E-state index contributed by atoms with van der Waals surface area (Å²) in [5.41, 5.74) is 1.11. The summed E-state index contributed by atoms with van der Waals surface area (Å²) in [6.07, 6.45) is 2.51. The highest BCUT2D eigenvalue weighted by molar-refractivity contribution is 5.75. The molecule has 0 aliphatic carbocycles. The van der Waals surface area contributed by atoms with E-state index in [1.54, 1.807) is 0 Å². The fraction of sp³-hybridized carbons (Fsp3) is 0.500. The fourth-order valence-corrected chi connectivity index (χ4v) is 2.54. The first kappa shape index (κ1) is 17.3. The predicted octanol–water partition coefficient (Wildman–Crippen LogP) is 2.60. The van der Waals surface area contributed by atoms with Crippen LogP contribution in [0.3, 0.4) is 0 Å². The van der Waals surface area contributed by atoms with Crippen LogP contribution >= 0.6 is 0 Å². The molecule has 25 heavy (non-hydrogen) atoms. The van der Waals surface area contributed by atoms with Crippen molar-refractivity contribution in [3.63, 3.8) is 0 Å². The van der Waals surface area contributed by atoms with Gasteiger partial charge in [-0.15, -0.1) is 0 Å². The van der Waals surface area contributed by atoms with Crippen LogP contribution in [0.1, 0.15) is 49.9 Å². The van der Waals surface area contributed by atoms with E-state index < -0.39 is 0 Å². The van der Waals surface area contributed by atoms with Crippen LogP contribution in [-0.4, -0.2) is 29.4 Å². The van der Waals surface area contributed by atoms with Crippen LogP contribution in [-0.2, 0) is 17.6 Å². The Kier molecular flexibility index (Phi) is 5.53. The number of hydrogen-bond acceptors (Lipinski definition) is 6. The maximum absolute atomic E-state index is 11.9. The third-order valence-corrected chi connectivity index (χ3v) is 3.97. The van der Waals surface area contributed by atoms with Gasteiger partial charge in [-0.3, -0.25) is 4.79 Å². The van der Waals surface area contributed by atoms with Crippen molar-refractivity contribution < 1.29 is 18.8 Å². The van der Waals surface area contributed by atoms with Crippen molar-refractivity contribution in [3.05, 3.63) is 35.5 Å². The van der Waals surface area contributed by atoms with E-state index in [2.05, 4.69) is 15.5 Å². The van der Waals surface area contributed by atoms with E-state index in [9.17, 15) is 4.79 Å². The summed E-state index contributed by atoms with van der Waals surface area (Å²) >= 11 is 0. The smallest absolute Gasteiger partial charge is 0.231 e. The number of rotatable bonds is 8. The van der Waals surface area contributed by atoms with Crippen LogP contribution in [0.25, 0.3) is 0 Å². The first-order chi connectivity index (χ1) is 12.1. The molecule has 0 fully saturated rings. The van der Waals surface area contributed by atoms with Crippen molar-refractivity contribution in [1.29, 1.82) is 0 Å². The Bertz CT molecular complexity index is 727. The molecular formula is C18H23N3O4. The molecule has 1 aromatic carbocycles. The summed E-state index contributed by atoms with van der Waals surface area (Å²) < 4.78 is 15.8. The first-order valence-electron chi connectivity index (χ1n) is 8.59. The number of hydrogen-bond donors (Lipinski definition) is 1. The van der Waals surface area contributed by atoms with Crippen LogP contribution in [0.4, 0.5) is 0 Å². The minimum Gasteiger partial charge on any atom is -0.454 e. The Labute approximate surface area is 146 Å². The van der Waals surface area contributed by atoms with Crippen molar-refractivity contribution in [2.75, 3.05) is 13.3 Å². The fourth-order valence-electron chi connectivity index (χ4n) is 2.54. The highest BCUT2D eigenvalue weighted by Crippen LogP contribution is 2.32. The normalized spacial score (nSPS) is 12.6. The first-order valence-corrected chi connectivity index (χ1v) is 8.59. The molecule has 0 saturated carbocycles. The second kappa shape index (κ2) is 8.00. The van der Waals surface area contributed by atoms with Gasteiger partial charge in [-0.2, -0.15) is 4.98 Å². The maximum Gasteiger partial charge on any atom is 0.231 e. The summed E-state index contributed by atoms with van der Waals surface area (Å²) in [6.45, 7) is 4.90. The molecule has 1 N–H and O–H groups in total. The van der Waals surface area contributed by atoms with Gasteiger partial charge in [0.25, 0.3) is 0 Å². The van der Waals surface area contributed by atoms with E-state index in [0.29, 0.717) is 37.5 Å². The molecule has 7 nitrogen and oxygen atoms in total. The molecule has 3 rings (SSSR count). The number of benzene rings is 1. The predicted molar refractivity (Wildman–Crippen MR) is 90.6 cm³/mol. The standard InChI is InChI=1S/C18H23N3O4/c1-12(2)18-20-17(25-21-18)5-3-4-16(22)19-9-8-13-6-7-14-15(10-13)24-11-23-14/h6-7,10,12H,3-5,8-9,11H2,1-2H3,(H,19,22). The molecule has 0 spiro atoms. The van der Waals surface area contributed by atoms with Crippen LogP contribution in [0.2, 0.25) is 0 Å².